The summed E-state index contributed by atoms with van der Waals surface area (Å²) in [5, 5.41) is 14.0. The summed E-state index contributed by atoms with van der Waals surface area (Å²) in [5.74, 6) is 0.531. The number of carbonyl (C=O) groups excluding carboxylic acids is 1. The highest BCUT2D eigenvalue weighted by Gasteiger charge is 2.68. The molecule has 1 aromatic carbocycles. The Balaban J connectivity index is 1.78. The molecule has 4 nitrogen and oxygen atoms in total. The highest BCUT2D eigenvalue weighted by Crippen LogP contribution is 2.64. The molecule has 0 amide bonds. The Bertz CT molecular complexity index is 886. The van der Waals surface area contributed by atoms with Gasteiger partial charge in [-0.1, -0.05) is 31.6 Å². The first-order valence-electron chi connectivity index (χ1n) is 10.4. The van der Waals surface area contributed by atoms with Crippen molar-refractivity contribution in [3.05, 3.63) is 46.7 Å². The third-order valence-electron chi connectivity index (χ3n) is 7.92. The topological polar surface area (TPSA) is 49.3 Å². The zero-order valence-electron chi connectivity index (χ0n) is 16.3. The molecule has 0 radical (unpaired) electrons. The van der Waals surface area contributed by atoms with Crippen LogP contribution in [0.15, 0.2) is 41.1 Å². The number of nitrogens with zero attached hydrogens (tertiary/aromatic N) is 1. The van der Waals surface area contributed by atoms with E-state index in [1.54, 1.807) is 6.07 Å². The number of unbranched alkanes of at least 4 members (excludes halogenated alkanes) is 1. The van der Waals surface area contributed by atoms with Crippen molar-refractivity contribution in [1.82, 2.24) is 0 Å². The first-order valence-corrected chi connectivity index (χ1v) is 10.4. The molecule has 4 heteroatoms. The normalized spacial score (nSPS) is 37.2. The minimum absolute atomic E-state index is 0.131. The van der Waals surface area contributed by atoms with Gasteiger partial charge in [-0.05, 0) is 30.5 Å². The number of nitrogens with one attached hydrogen (secondary N) is 1. The predicted molar refractivity (Wildman–Crippen MR) is 107 cm³/mol. The van der Waals surface area contributed by atoms with Crippen LogP contribution in [-0.2, 0) is 10.2 Å². The van der Waals surface area contributed by atoms with Crippen molar-refractivity contribution in [1.29, 1.82) is 0 Å². The lowest BCUT2D eigenvalue weighted by atomic mass is 9.61. The summed E-state index contributed by atoms with van der Waals surface area (Å²) in [4.78, 5) is 12.2. The molecule has 1 spiro atoms. The smallest absolute Gasteiger partial charge is 0.148 e. The average Bonchev–Trinajstić information content (AvgIpc) is 3.21. The molecule has 4 atom stereocenters. The number of aldehydes is 1. The van der Waals surface area contributed by atoms with E-state index >= 15 is 0 Å². The maximum atomic E-state index is 12.2. The van der Waals surface area contributed by atoms with Gasteiger partial charge in [0.2, 0.25) is 0 Å². The number of para-hydroxylation sites is 1. The van der Waals surface area contributed by atoms with Gasteiger partial charge in [-0.25, -0.2) is 0 Å². The fraction of sp³-hybridized carbons (Fsp3) is 0.522. The van der Waals surface area contributed by atoms with Gasteiger partial charge in [0.25, 0.3) is 0 Å². The van der Waals surface area contributed by atoms with Crippen LogP contribution in [0.25, 0.3) is 0 Å². The van der Waals surface area contributed by atoms with Gasteiger partial charge in [0, 0.05) is 30.0 Å². The van der Waals surface area contributed by atoms with Gasteiger partial charge in [-0.2, -0.15) is 0 Å². The maximum Gasteiger partial charge on any atom is 0.148 e. The Morgan fingerprint density at radius 2 is 2.26 bits per heavy atom. The standard InChI is InChI=1S/C23H28N2O2/c1-3-5-10-25-11-9-23-18-7-6-8-19(27)21(18)24-22(23)17(14-26)16(12-20(23)25)15(4-2)13-25/h4,6-8,14,16,20H,3,5,9-13H2,1-2H3,(H-,24,26,27)/p+1/b15-4-/t16-,20-,23-,25?/m0/s1. The van der Waals surface area contributed by atoms with Crippen LogP contribution in [0.1, 0.15) is 45.1 Å². The average molecular weight is 365 g/mol. The Kier molecular flexibility index (Phi) is 3.61. The summed E-state index contributed by atoms with van der Waals surface area (Å²) in [5.41, 5.74) is 5.34. The number of anilines is 1. The minimum atomic E-state index is -0.131. The molecule has 1 aliphatic carbocycles. The van der Waals surface area contributed by atoms with E-state index in [0.29, 0.717) is 11.8 Å². The molecule has 142 valence electrons. The third-order valence-corrected chi connectivity index (χ3v) is 7.92. The van der Waals surface area contributed by atoms with Crippen LogP contribution < -0.4 is 5.32 Å². The quantitative estimate of drug-likeness (QED) is 0.368. The number of hydrogen-bond donors (Lipinski definition) is 2. The van der Waals surface area contributed by atoms with E-state index in [0.717, 1.165) is 53.7 Å². The highest BCUT2D eigenvalue weighted by atomic mass is 16.3. The van der Waals surface area contributed by atoms with Gasteiger partial charge in [-0.15, -0.1) is 0 Å². The van der Waals surface area contributed by atoms with Crippen molar-refractivity contribution < 1.29 is 14.4 Å². The number of hydrogen-bond acceptors (Lipinski definition) is 3. The minimum Gasteiger partial charge on any atom is -0.506 e. The van der Waals surface area contributed by atoms with Crippen molar-refractivity contribution in [2.45, 2.75) is 51.0 Å². The number of carbonyl (C=O) groups is 1. The molecule has 1 unspecified atom stereocenters. The lowest BCUT2D eigenvalue weighted by Crippen LogP contribution is -2.63. The molecule has 3 heterocycles. The van der Waals surface area contributed by atoms with Crippen LogP contribution in [0.3, 0.4) is 0 Å². The maximum absolute atomic E-state index is 12.2. The Hall–Kier alpha value is -2.07. The van der Waals surface area contributed by atoms with Crippen LogP contribution in [0.4, 0.5) is 5.69 Å². The van der Waals surface area contributed by atoms with Gasteiger partial charge >= 0.3 is 0 Å². The second-order valence-electron chi connectivity index (χ2n) is 8.84. The fourth-order valence-corrected chi connectivity index (χ4v) is 6.76. The van der Waals surface area contributed by atoms with E-state index in [1.807, 2.05) is 6.07 Å². The molecule has 0 aromatic heterocycles. The molecule has 1 aromatic rings. The zero-order chi connectivity index (χ0) is 18.8. The molecule has 27 heavy (non-hydrogen) atoms. The van der Waals surface area contributed by atoms with E-state index < -0.39 is 0 Å². The summed E-state index contributed by atoms with van der Waals surface area (Å²) in [6.07, 6.45) is 7.91. The number of phenols is 1. The fourth-order valence-electron chi connectivity index (χ4n) is 6.76. The predicted octanol–water partition coefficient (Wildman–Crippen LogP) is 3.88. The summed E-state index contributed by atoms with van der Waals surface area (Å²) in [7, 11) is 0. The summed E-state index contributed by atoms with van der Waals surface area (Å²) >= 11 is 0. The number of piperidine rings is 1. The van der Waals surface area contributed by atoms with Crippen LogP contribution >= 0.6 is 0 Å². The van der Waals surface area contributed by atoms with Crippen LogP contribution in [0.2, 0.25) is 0 Å². The number of benzene rings is 1. The first kappa shape index (κ1) is 17.1. The second-order valence-corrected chi connectivity index (χ2v) is 8.84. The third kappa shape index (κ3) is 1.94. The molecule has 5 rings (SSSR count). The number of quaternary nitrogens is 1. The molecule has 4 aliphatic rings. The molecular weight excluding hydrogens is 336 g/mol. The van der Waals surface area contributed by atoms with Crippen LogP contribution in [0, 0.1) is 5.92 Å². The first-order chi connectivity index (χ1) is 13.1. The largest absolute Gasteiger partial charge is 0.506 e. The Morgan fingerprint density at radius 3 is 3.00 bits per heavy atom. The van der Waals surface area contributed by atoms with Gasteiger partial charge in [0.1, 0.15) is 24.6 Å². The summed E-state index contributed by atoms with van der Waals surface area (Å²) in [6.45, 7) is 7.84. The molecular formula is C23H29N2O2+. The number of rotatable bonds is 4. The van der Waals surface area contributed by atoms with Gasteiger partial charge in [0.05, 0.1) is 24.2 Å². The SMILES string of the molecule is C/C=C1/C[N+]2(CCCC)CC[C@@]34C(=C(C=O)[C@H]1C[C@@H]32)Nc1c(O)cccc14. The van der Waals surface area contributed by atoms with Gasteiger partial charge in [-0.3, -0.25) is 4.79 Å². The van der Waals surface area contributed by atoms with E-state index in [-0.39, 0.29) is 11.3 Å². The van der Waals surface area contributed by atoms with Gasteiger partial charge < -0.3 is 14.9 Å². The van der Waals surface area contributed by atoms with Crippen molar-refractivity contribution in [2.75, 3.05) is 25.0 Å². The summed E-state index contributed by atoms with van der Waals surface area (Å²) in [6, 6.07) is 6.37. The van der Waals surface area contributed by atoms with Crippen LogP contribution in [-0.4, -0.2) is 41.6 Å². The zero-order valence-corrected chi connectivity index (χ0v) is 16.3. The summed E-state index contributed by atoms with van der Waals surface area (Å²) < 4.78 is 1.15. The molecule has 2 fully saturated rings. The van der Waals surface area contributed by atoms with E-state index in [9.17, 15) is 9.90 Å². The van der Waals surface area contributed by atoms with Gasteiger partial charge in [0.15, 0.2) is 0 Å². The number of allylic oxidation sites excluding steroid dienone is 2. The molecule has 0 saturated carbocycles. The monoisotopic (exact) mass is 365 g/mol. The lowest BCUT2D eigenvalue weighted by molar-refractivity contribution is -0.941. The number of phenolic OH excluding ortho intramolecular Hbond substituents is 1. The van der Waals surface area contributed by atoms with E-state index in [2.05, 4.69) is 31.3 Å². The Labute approximate surface area is 161 Å². The molecule has 2 saturated heterocycles. The van der Waals surface area contributed by atoms with Crippen molar-refractivity contribution in [2.24, 2.45) is 5.92 Å². The van der Waals surface area contributed by atoms with Crippen LogP contribution in [0.5, 0.6) is 5.75 Å². The second kappa shape index (κ2) is 5.71. The number of aromatic hydroxyl groups is 1. The molecule has 2 bridgehead atoms. The highest BCUT2D eigenvalue weighted by molar-refractivity contribution is 5.85. The van der Waals surface area contributed by atoms with E-state index in [4.69, 9.17) is 0 Å². The lowest BCUT2D eigenvalue weighted by Gasteiger charge is -2.53. The molecule has 2 N–H and O–H groups in total. The number of fused-ring (bicyclic) bond motifs is 2. The molecule has 3 aliphatic heterocycles. The van der Waals surface area contributed by atoms with Crippen molar-refractivity contribution in [3.8, 4) is 5.75 Å². The van der Waals surface area contributed by atoms with Crippen molar-refractivity contribution >= 4 is 12.0 Å². The Morgan fingerprint density at radius 1 is 1.41 bits per heavy atom. The van der Waals surface area contributed by atoms with Crippen molar-refractivity contribution in [3.63, 3.8) is 0 Å². The van der Waals surface area contributed by atoms with E-state index in [1.165, 1.54) is 30.5 Å².